The Labute approximate surface area is 122 Å². The predicted octanol–water partition coefficient (Wildman–Crippen LogP) is 3.86. The van der Waals surface area contributed by atoms with Gasteiger partial charge in [-0.15, -0.1) is 0 Å². The van der Waals surface area contributed by atoms with Gasteiger partial charge >= 0.3 is 0 Å². The van der Waals surface area contributed by atoms with Gasteiger partial charge in [-0.2, -0.15) is 0 Å². The van der Waals surface area contributed by atoms with Crippen LogP contribution >= 0.6 is 11.6 Å². The fraction of sp³-hybridized carbons (Fsp3) is 0.200. The Morgan fingerprint density at radius 1 is 1.25 bits per heavy atom. The summed E-state index contributed by atoms with van der Waals surface area (Å²) in [6.45, 7) is 0.395. The number of phenolic OH excluding ortho intramolecular Hbond substituents is 1. The van der Waals surface area contributed by atoms with E-state index in [0.29, 0.717) is 17.1 Å². The van der Waals surface area contributed by atoms with Gasteiger partial charge in [0.2, 0.25) is 0 Å². The Hall–Kier alpha value is -1.94. The highest BCUT2D eigenvalue weighted by molar-refractivity contribution is 6.34. The molecule has 0 fully saturated rings. The number of anilines is 2. The molecule has 0 aliphatic heterocycles. The number of nitrogens with zero attached hydrogens (tertiary/aromatic N) is 1. The van der Waals surface area contributed by atoms with Crippen LogP contribution in [0.25, 0.3) is 0 Å². The lowest BCUT2D eigenvalue weighted by molar-refractivity contribution is 0.468. The third kappa shape index (κ3) is 3.33. The second-order valence-corrected chi connectivity index (χ2v) is 5.11. The lowest BCUT2D eigenvalue weighted by atomic mass is 10.2. The van der Waals surface area contributed by atoms with E-state index in [0.717, 1.165) is 17.4 Å². The third-order valence-corrected chi connectivity index (χ3v) is 3.16. The minimum absolute atomic E-state index is 0.0827. The summed E-state index contributed by atoms with van der Waals surface area (Å²) in [6, 6.07) is 9.55. The van der Waals surface area contributed by atoms with Crippen LogP contribution in [0, 0.1) is 5.82 Å². The number of halogens is 2. The molecule has 0 saturated heterocycles. The first kappa shape index (κ1) is 14.5. The molecule has 0 atom stereocenters. The summed E-state index contributed by atoms with van der Waals surface area (Å²) in [4.78, 5) is 1.91. The van der Waals surface area contributed by atoms with Crippen molar-refractivity contribution in [2.75, 3.05) is 24.3 Å². The summed E-state index contributed by atoms with van der Waals surface area (Å²) in [5.74, 6) is -0.540. The fourth-order valence-corrected chi connectivity index (χ4v) is 2.39. The summed E-state index contributed by atoms with van der Waals surface area (Å²) in [6.07, 6.45) is 0. The maximum Gasteiger partial charge on any atom is 0.127 e. The SMILES string of the molecule is CN(C)c1c(Cl)cccc1NCc1cc(O)cc(F)c1. The van der Waals surface area contributed by atoms with Gasteiger partial charge in [0.25, 0.3) is 0 Å². The number of hydrogen-bond acceptors (Lipinski definition) is 3. The summed E-state index contributed by atoms with van der Waals surface area (Å²) in [7, 11) is 3.81. The molecule has 0 amide bonds. The van der Waals surface area contributed by atoms with E-state index in [1.165, 1.54) is 12.1 Å². The normalized spacial score (nSPS) is 10.4. The lowest BCUT2D eigenvalue weighted by Gasteiger charge is -2.20. The van der Waals surface area contributed by atoms with Crippen molar-refractivity contribution in [3.05, 3.63) is 52.8 Å². The standard InChI is InChI=1S/C15H16ClFN2O/c1-19(2)15-13(16)4-3-5-14(15)18-9-10-6-11(17)8-12(20)7-10/h3-8,18,20H,9H2,1-2H3. The van der Waals surface area contributed by atoms with Crippen LogP contribution in [0.15, 0.2) is 36.4 Å². The van der Waals surface area contributed by atoms with Gasteiger partial charge in [-0.3, -0.25) is 0 Å². The Kier molecular flexibility index (Phi) is 4.35. The molecule has 2 N–H and O–H groups in total. The topological polar surface area (TPSA) is 35.5 Å². The van der Waals surface area contributed by atoms with E-state index in [4.69, 9.17) is 11.6 Å². The lowest BCUT2D eigenvalue weighted by Crippen LogP contribution is -2.12. The number of rotatable bonds is 4. The predicted molar refractivity (Wildman–Crippen MR) is 81.2 cm³/mol. The van der Waals surface area contributed by atoms with Gasteiger partial charge in [0.15, 0.2) is 0 Å². The van der Waals surface area contributed by atoms with E-state index < -0.39 is 5.82 Å². The van der Waals surface area contributed by atoms with Gasteiger partial charge in [-0.1, -0.05) is 17.7 Å². The molecule has 2 aromatic carbocycles. The van der Waals surface area contributed by atoms with Gasteiger partial charge in [-0.25, -0.2) is 4.39 Å². The van der Waals surface area contributed by atoms with Crippen LogP contribution in [-0.2, 0) is 6.54 Å². The molecule has 0 aliphatic rings. The zero-order chi connectivity index (χ0) is 14.7. The second kappa shape index (κ2) is 6.01. The highest BCUT2D eigenvalue weighted by Gasteiger charge is 2.09. The molecule has 0 bridgehead atoms. The van der Waals surface area contributed by atoms with Crippen LogP contribution in [0.5, 0.6) is 5.75 Å². The number of benzene rings is 2. The molecule has 0 spiro atoms. The van der Waals surface area contributed by atoms with Crippen molar-refractivity contribution in [3.63, 3.8) is 0 Å². The van der Waals surface area contributed by atoms with Crippen molar-refractivity contribution in [3.8, 4) is 5.75 Å². The molecule has 0 saturated carbocycles. The van der Waals surface area contributed by atoms with Crippen molar-refractivity contribution in [2.45, 2.75) is 6.54 Å². The van der Waals surface area contributed by atoms with Crippen LogP contribution in [-0.4, -0.2) is 19.2 Å². The van der Waals surface area contributed by atoms with Crippen LogP contribution in [0.1, 0.15) is 5.56 Å². The van der Waals surface area contributed by atoms with Gasteiger partial charge < -0.3 is 15.3 Å². The molecule has 0 unspecified atom stereocenters. The molecule has 0 aromatic heterocycles. The average Bonchev–Trinajstić information content (AvgIpc) is 2.34. The summed E-state index contributed by atoms with van der Waals surface area (Å²) in [5, 5.41) is 13.2. The summed E-state index contributed by atoms with van der Waals surface area (Å²) >= 11 is 6.17. The minimum atomic E-state index is -0.458. The van der Waals surface area contributed by atoms with Gasteiger partial charge in [0, 0.05) is 26.7 Å². The maximum atomic E-state index is 13.2. The van der Waals surface area contributed by atoms with E-state index in [1.54, 1.807) is 0 Å². The summed E-state index contributed by atoms with van der Waals surface area (Å²) < 4.78 is 13.2. The molecule has 0 aliphatic carbocycles. The Morgan fingerprint density at radius 2 is 2.00 bits per heavy atom. The van der Waals surface area contributed by atoms with Crippen LogP contribution in [0.4, 0.5) is 15.8 Å². The van der Waals surface area contributed by atoms with Crippen molar-refractivity contribution >= 4 is 23.0 Å². The van der Waals surface area contributed by atoms with Gasteiger partial charge in [0.1, 0.15) is 11.6 Å². The first-order valence-electron chi connectivity index (χ1n) is 6.15. The largest absolute Gasteiger partial charge is 0.508 e. The Bertz CT molecular complexity index is 597. The first-order valence-corrected chi connectivity index (χ1v) is 6.53. The van der Waals surface area contributed by atoms with Gasteiger partial charge in [-0.05, 0) is 29.8 Å². The molecule has 106 valence electrons. The van der Waals surface area contributed by atoms with Crippen molar-refractivity contribution in [1.29, 1.82) is 0 Å². The van der Waals surface area contributed by atoms with Gasteiger partial charge in [0.05, 0.1) is 16.4 Å². The van der Waals surface area contributed by atoms with E-state index in [-0.39, 0.29) is 5.75 Å². The molecule has 0 heterocycles. The average molecular weight is 295 g/mol. The highest BCUT2D eigenvalue weighted by atomic mass is 35.5. The molecule has 20 heavy (non-hydrogen) atoms. The van der Waals surface area contributed by atoms with Crippen molar-refractivity contribution < 1.29 is 9.50 Å². The van der Waals surface area contributed by atoms with E-state index in [9.17, 15) is 9.50 Å². The van der Waals surface area contributed by atoms with Crippen LogP contribution in [0.2, 0.25) is 5.02 Å². The maximum absolute atomic E-state index is 13.2. The Morgan fingerprint density at radius 3 is 2.65 bits per heavy atom. The quantitative estimate of drug-likeness (QED) is 0.899. The number of phenols is 1. The molecule has 5 heteroatoms. The third-order valence-electron chi connectivity index (χ3n) is 2.86. The number of aromatic hydroxyl groups is 1. The molecule has 0 radical (unpaired) electrons. The summed E-state index contributed by atoms with van der Waals surface area (Å²) in [5.41, 5.74) is 2.38. The van der Waals surface area contributed by atoms with E-state index in [1.807, 2.05) is 37.2 Å². The first-order chi connectivity index (χ1) is 9.47. The molecular weight excluding hydrogens is 279 g/mol. The fourth-order valence-electron chi connectivity index (χ4n) is 2.05. The molecular formula is C15H16ClFN2O. The second-order valence-electron chi connectivity index (χ2n) is 4.70. The Balaban J connectivity index is 2.21. The zero-order valence-corrected chi connectivity index (χ0v) is 12.1. The number of nitrogens with one attached hydrogen (secondary N) is 1. The number of hydrogen-bond donors (Lipinski definition) is 2. The molecule has 2 aromatic rings. The molecule has 2 rings (SSSR count). The highest BCUT2D eigenvalue weighted by Crippen LogP contribution is 2.32. The molecule has 3 nitrogen and oxygen atoms in total. The van der Waals surface area contributed by atoms with Crippen molar-refractivity contribution in [1.82, 2.24) is 0 Å². The van der Waals surface area contributed by atoms with Crippen LogP contribution < -0.4 is 10.2 Å². The monoisotopic (exact) mass is 294 g/mol. The zero-order valence-electron chi connectivity index (χ0n) is 11.3. The van der Waals surface area contributed by atoms with Crippen molar-refractivity contribution in [2.24, 2.45) is 0 Å². The van der Waals surface area contributed by atoms with Crippen LogP contribution in [0.3, 0.4) is 0 Å². The van der Waals surface area contributed by atoms with E-state index >= 15 is 0 Å². The van der Waals surface area contributed by atoms with E-state index in [2.05, 4.69) is 5.32 Å². The minimum Gasteiger partial charge on any atom is -0.508 e. The smallest absolute Gasteiger partial charge is 0.127 e. The number of para-hydroxylation sites is 1.